The van der Waals surface area contributed by atoms with Crippen LogP contribution in [-0.2, 0) is 0 Å². The number of benzene rings is 1. The summed E-state index contributed by atoms with van der Waals surface area (Å²) in [4.78, 5) is 0. The molecular weight excluding hydrogens is 286 g/mol. The number of rotatable bonds is 2. The minimum atomic E-state index is 0.165. The second kappa shape index (κ2) is 5.30. The average molecular weight is 306 g/mol. The highest BCUT2D eigenvalue weighted by Gasteiger charge is 2.36. The van der Waals surface area contributed by atoms with Gasteiger partial charge in [0.05, 0.1) is 16.6 Å². The van der Waals surface area contributed by atoms with E-state index >= 15 is 0 Å². The van der Waals surface area contributed by atoms with Crippen LogP contribution < -0.4 is 5.73 Å². The van der Waals surface area contributed by atoms with Crippen molar-refractivity contribution < 1.29 is 0 Å². The predicted octanol–water partition coefficient (Wildman–Crippen LogP) is 3.72. The van der Waals surface area contributed by atoms with E-state index in [4.69, 9.17) is 17.3 Å². The summed E-state index contributed by atoms with van der Waals surface area (Å²) in [5, 5.41) is 12.9. The lowest BCUT2D eigenvalue weighted by Crippen LogP contribution is -2.31. The zero-order valence-electron chi connectivity index (χ0n) is 12.4. The smallest absolute Gasteiger partial charge is 0.185 e. The zero-order valence-corrected chi connectivity index (χ0v) is 13.1. The van der Waals surface area contributed by atoms with Crippen molar-refractivity contribution in [2.75, 3.05) is 5.73 Å². The second-order valence-corrected chi connectivity index (χ2v) is 6.81. The van der Waals surface area contributed by atoms with Crippen LogP contribution in [0.15, 0.2) is 18.2 Å². The fraction of sp³-hybridized carbons (Fsp3) is 0.533. The van der Waals surface area contributed by atoms with Crippen molar-refractivity contribution in [2.24, 2.45) is 5.41 Å². The van der Waals surface area contributed by atoms with Gasteiger partial charge < -0.3 is 5.73 Å². The van der Waals surface area contributed by atoms with Crippen molar-refractivity contribution in [3.05, 3.63) is 23.2 Å². The SMILES string of the molecule is CC1(C)CCCCC1n1nnnc1-c1c(N)cccc1Cl. The van der Waals surface area contributed by atoms with Crippen molar-refractivity contribution in [3.8, 4) is 11.4 Å². The highest BCUT2D eigenvalue weighted by molar-refractivity contribution is 6.33. The van der Waals surface area contributed by atoms with Crippen LogP contribution >= 0.6 is 11.6 Å². The molecule has 2 N–H and O–H groups in total. The third kappa shape index (κ3) is 2.50. The van der Waals surface area contributed by atoms with Crippen LogP contribution in [0.25, 0.3) is 11.4 Å². The topological polar surface area (TPSA) is 69.6 Å². The molecule has 1 aromatic carbocycles. The van der Waals surface area contributed by atoms with E-state index in [-0.39, 0.29) is 11.5 Å². The molecule has 0 amide bonds. The van der Waals surface area contributed by atoms with Gasteiger partial charge in [-0.05, 0) is 40.8 Å². The summed E-state index contributed by atoms with van der Waals surface area (Å²) in [7, 11) is 0. The van der Waals surface area contributed by atoms with E-state index in [9.17, 15) is 0 Å². The number of aromatic nitrogens is 4. The summed E-state index contributed by atoms with van der Waals surface area (Å²) < 4.78 is 1.91. The molecule has 1 atom stereocenters. The number of nitrogens with zero attached hydrogens (tertiary/aromatic N) is 4. The quantitative estimate of drug-likeness (QED) is 0.859. The van der Waals surface area contributed by atoms with Gasteiger partial charge in [-0.25, -0.2) is 4.68 Å². The molecule has 1 heterocycles. The first-order valence-corrected chi connectivity index (χ1v) is 7.71. The van der Waals surface area contributed by atoms with Gasteiger partial charge in [0, 0.05) is 5.69 Å². The molecule has 0 radical (unpaired) electrons. The zero-order chi connectivity index (χ0) is 15.0. The number of nitrogens with two attached hydrogens (primary N) is 1. The van der Waals surface area contributed by atoms with Crippen LogP contribution in [0.4, 0.5) is 5.69 Å². The van der Waals surface area contributed by atoms with Crippen LogP contribution in [0.2, 0.25) is 5.02 Å². The van der Waals surface area contributed by atoms with Crippen molar-refractivity contribution in [1.29, 1.82) is 0 Å². The lowest BCUT2D eigenvalue weighted by molar-refractivity contribution is 0.132. The standard InChI is InChI=1S/C15H20ClN5/c1-15(2)9-4-3-8-12(15)21-14(18-19-20-21)13-10(16)6-5-7-11(13)17/h5-7,12H,3-4,8-9,17H2,1-2H3. The fourth-order valence-corrected chi connectivity index (χ4v) is 3.54. The summed E-state index contributed by atoms with van der Waals surface area (Å²) in [5.41, 5.74) is 7.58. The van der Waals surface area contributed by atoms with Gasteiger partial charge in [-0.15, -0.1) is 5.10 Å². The lowest BCUT2D eigenvalue weighted by Gasteiger charge is -2.38. The van der Waals surface area contributed by atoms with Crippen LogP contribution in [-0.4, -0.2) is 20.2 Å². The van der Waals surface area contributed by atoms with Gasteiger partial charge in [-0.2, -0.15) is 0 Å². The molecule has 21 heavy (non-hydrogen) atoms. The molecule has 6 heteroatoms. The van der Waals surface area contributed by atoms with Crippen LogP contribution in [0.1, 0.15) is 45.6 Å². The maximum Gasteiger partial charge on any atom is 0.185 e. The Morgan fingerprint density at radius 1 is 1.33 bits per heavy atom. The number of anilines is 1. The van der Waals surface area contributed by atoms with Gasteiger partial charge in [-0.1, -0.05) is 44.4 Å². The van der Waals surface area contributed by atoms with E-state index in [2.05, 4.69) is 29.4 Å². The Hall–Kier alpha value is -1.62. The summed E-state index contributed by atoms with van der Waals surface area (Å²) >= 11 is 6.31. The van der Waals surface area contributed by atoms with Gasteiger partial charge >= 0.3 is 0 Å². The first-order valence-electron chi connectivity index (χ1n) is 7.33. The monoisotopic (exact) mass is 305 g/mol. The van der Waals surface area contributed by atoms with Gasteiger partial charge in [0.15, 0.2) is 5.82 Å². The molecule has 0 aliphatic heterocycles. The third-order valence-corrected chi connectivity index (χ3v) is 4.82. The van der Waals surface area contributed by atoms with Gasteiger partial charge in [0.25, 0.3) is 0 Å². The molecule has 2 aromatic rings. The summed E-state index contributed by atoms with van der Waals surface area (Å²) in [6.07, 6.45) is 4.71. The Bertz CT molecular complexity index is 629. The highest BCUT2D eigenvalue weighted by atomic mass is 35.5. The molecular formula is C15H20ClN5. The number of tetrazole rings is 1. The van der Waals surface area contributed by atoms with Crippen LogP contribution in [0.5, 0.6) is 0 Å². The Kier molecular flexibility index (Phi) is 3.61. The lowest BCUT2D eigenvalue weighted by atomic mass is 9.73. The minimum Gasteiger partial charge on any atom is -0.398 e. The van der Waals surface area contributed by atoms with E-state index < -0.39 is 0 Å². The molecule has 1 aromatic heterocycles. The first kappa shape index (κ1) is 14.3. The summed E-state index contributed by atoms with van der Waals surface area (Å²) in [6.45, 7) is 4.55. The number of nitrogen functional groups attached to an aromatic ring is 1. The van der Waals surface area contributed by atoms with E-state index in [0.29, 0.717) is 16.5 Å². The summed E-state index contributed by atoms with van der Waals surface area (Å²) in [5.74, 6) is 0.665. The van der Waals surface area contributed by atoms with Gasteiger partial charge in [0.2, 0.25) is 0 Å². The molecule has 112 valence electrons. The average Bonchev–Trinajstić information content (AvgIpc) is 2.87. The number of halogens is 1. The molecule has 5 nitrogen and oxygen atoms in total. The van der Waals surface area contributed by atoms with Crippen molar-refractivity contribution in [3.63, 3.8) is 0 Å². The molecule has 1 fully saturated rings. The van der Waals surface area contributed by atoms with E-state index in [1.165, 1.54) is 19.3 Å². The molecule has 1 aliphatic rings. The number of hydrogen-bond acceptors (Lipinski definition) is 4. The van der Waals surface area contributed by atoms with E-state index in [1.54, 1.807) is 0 Å². The minimum absolute atomic E-state index is 0.165. The molecule has 0 saturated heterocycles. The highest BCUT2D eigenvalue weighted by Crippen LogP contribution is 2.45. The van der Waals surface area contributed by atoms with Crippen LogP contribution in [0.3, 0.4) is 0 Å². The maximum atomic E-state index is 6.31. The predicted molar refractivity (Wildman–Crippen MR) is 84.0 cm³/mol. The van der Waals surface area contributed by atoms with Gasteiger partial charge in [0.1, 0.15) is 0 Å². The van der Waals surface area contributed by atoms with E-state index in [0.717, 1.165) is 12.0 Å². The van der Waals surface area contributed by atoms with Crippen LogP contribution in [0, 0.1) is 5.41 Å². The van der Waals surface area contributed by atoms with E-state index in [1.807, 2.05) is 22.9 Å². The number of hydrogen-bond donors (Lipinski definition) is 1. The summed E-state index contributed by atoms with van der Waals surface area (Å²) in [6, 6.07) is 5.75. The Morgan fingerprint density at radius 3 is 2.86 bits per heavy atom. The molecule has 0 bridgehead atoms. The molecule has 0 spiro atoms. The fourth-order valence-electron chi connectivity index (χ4n) is 3.27. The van der Waals surface area contributed by atoms with Crippen molar-refractivity contribution in [2.45, 2.75) is 45.6 Å². The largest absolute Gasteiger partial charge is 0.398 e. The van der Waals surface area contributed by atoms with Gasteiger partial charge in [-0.3, -0.25) is 0 Å². The molecule has 1 unspecified atom stereocenters. The molecule has 1 saturated carbocycles. The molecule has 3 rings (SSSR count). The maximum absolute atomic E-state index is 6.31. The normalized spacial score (nSPS) is 21.4. The Balaban J connectivity index is 2.09. The van der Waals surface area contributed by atoms with Crippen molar-refractivity contribution >= 4 is 17.3 Å². The molecule has 1 aliphatic carbocycles. The second-order valence-electron chi connectivity index (χ2n) is 6.40. The van der Waals surface area contributed by atoms with Crippen molar-refractivity contribution in [1.82, 2.24) is 20.2 Å². The Morgan fingerprint density at radius 2 is 2.14 bits per heavy atom. The first-order chi connectivity index (χ1) is 10.0. The Labute approximate surface area is 129 Å². The third-order valence-electron chi connectivity index (χ3n) is 4.51.